The Hall–Kier alpha value is -1.92. The van der Waals surface area contributed by atoms with Crippen LogP contribution in [0.4, 0.5) is 0 Å². The predicted octanol–water partition coefficient (Wildman–Crippen LogP) is 2.18. The van der Waals surface area contributed by atoms with Crippen molar-refractivity contribution in [3.63, 3.8) is 0 Å². The number of aliphatic hydroxyl groups is 2. The lowest BCUT2D eigenvalue weighted by Crippen LogP contribution is -2.10. The molecule has 0 aromatic heterocycles. The summed E-state index contributed by atoms with van der Waals surface area (Å²) in [5.74, 6) is -0.688. The molecule has 0 aliphatic carbocycles. The van der Waals surface area contributed by atoms with Gasteiger partial charge in [-0.1, -0.05) is 29.8 Å². The molecule has 0 saturated heterocycles. The lowest BCUT2D eigenvalue weighted by atomic mass is 10.1. The largest absolute Gasteiger partial charge is 0.466 e. The van der Waals surface area contributed by atoms with Crippen molar-refractivity contribution in [3.05, 3.63) is 35.4 Å². The number of esters is 2. The van der Waals surface area contributed by atoms with Crippen molar-refractivity contribution in [2.45, 2.75) is 46.0 Å². The Balaban J connectivity index is 0.00000129. The number of benzene rings is 1. The molecule has 0 fully saturated rings. The Labute approximate surface area is 149 Å². The van der Waals surface area contributed by atoms with Gasteiger partial charge in [0.15, 0.2) is 0 Å². The molecule has 25 heavy (non-hydrogen) atoms. The molecular formula is C19H30O6. The summed E-state index contributed by atoms with van der Waals surface area (Å²) in [5.41, 5.74) is 2.56. The molecule has 142 valence electrons. The maximum absolute atomic E-state index is 11.4. The van der Waals surface area contributed by atoms with E-state index in [0.717, 1.165) is 19.3 Å². The minimum absolute atomic E-state index is 0.0933. The van der Waals surface area contributed by atoms with E-state index in [9.17, 15) is 9.59 Å². The summed E-state index contributed by atoms with van der Waals surface area (Å²) in [6.45, 7) is 4.31. The third kappa shape index (κ3) is 14.2. The summed E-state index contributed by atoms with van der Waals surface area (Å²) in [5, 5.41) is 15.2. The van der Waals surface area contributed by atoms with Crippen LogP contribution in [-0.4, -0.2) is 48.6 Å². The third-order valence-electron chi connectivity index (χ3n) is 3.18. The lowest BCUT2D eigenvalue weighted by Gasteiger charge is -2.05. The van der Waals surface area contributed by atoms with Crippen LogP contribution < -0.4 is 0 Å². The zero-order chi connectivity index (χ0) is 18.9. The molecule has 0 aliphatic rings. The van der Waals surface area contributed by atoms with Crippen molar-refractivity contribution in [3.8, 4) is 0 Å². The second-order valence-corrected chi connectivity index (χ2v) is 5.42. The van der Waals surface area contributed by atoms with Crippen LogP contribution in [0.5, 0.6) is 0 Å². The molecule has 1 aromatic carbocycles. The first-order valence-corrected chi connectivity index (χ1v) is 8.62. The van der Waals surface area contributed by atoms with Crippen LogP contribution in [0.1, 0.15) is 43.7 Å². The molecule has 0 amide bonds. The van der Waals surface area contributed by atoms with Crippen molar-refractivity contribution >= 4 is 11.9 Å². The lowest BCUT2D eigenvalue weighted by molar-refractivity contribution is -0.150. The first-order valence-electron chi connectivity index (χ1n) is 8.62. The van der Waals surface area contributed by atoms with Crippen molar-refractivity contribution in [1.82, 2.24) is 0 Å². The van der Waals surface area contributed by atoms with Gasteiger partial charge in [0.25, 0.3) is 0 Å². The number of unbranched alkanes of at least 4 members (excludes halogenated alkanes) is 1. The normalized spacial score (nSPS) is 9.76. The van der Waals surface area contributed by atoms with Crippen molar-refractivity contribution in [2.24, 2.45) is 0 Å². The Morgan fingerprint density at radius 2 is 1.48 bits per heavy atom. The summed E-state index contributed by atoms with van der Waals surface area (Å²) < 4.78 is 9.83. The van der Waals surface area contributed by atoms with Gasteiger partial charge in [-0.2, -0.15) is 0 Å². The minimum Gasteiger partial charge on any atom is -0.466 e. The number of carbonyl (C=O) groups is 2. The summed E-state index contributed by atoms with van der Waals surface area (Å²) >= 11 is 0. The van der Waals surface area contributed by atoms with Crippen molar-refractivity contribution in [1.29, 1.82) is 0 Å². The van der Waals surface area contributed by atoms with E-state index in [0.29, 0.717) is 13.2 Å². The maximum Gasteiger partial charge on any atom is 0.306 e. The first kappa shape index (κ1) is 23.1. The number of aryl methyl sites for hydroxylation is 2. The molecule has 0 spiro atoms. The Morgan fingerprint density at radius 1 is 0.920 bits per heavy atom. The van der Waals surface area contributed by atoms with Gasteiger partial charge >= 0.3 is 11.9 Å². The van der Waals surface area contributed by atoms with Gasteiger partial charge in [-0.3, -0.25) is 9.59 Å². The van der Waals surface area contributed by atoms with Crippen LogP contribution in [0, 0.1) is 6.92 Å². The van der Waals surface area contributed by atoms with E-state index >= 15 is 0 Å². The number of carbonyl (C=O) groups excluding carboxylic acids is 2. The molecule has 0 aliphatic heterocycles. The molecular weight excluding hydrogens is 324 g/mol. The number of hydrogen-bond donors (Lipinski definition) is 2. The molecule has 0 saturated carbocycles. The summed E-state index contributed by atoms with van der Waals surface area (Å²) in [6, 6.07) is 8.46. The van der Waals surface area contributed by atoms with E-state index in [1.165, 1.54) is 11.1 Å². The van der Waals surface area contributed by atoms with E-state index in [2.05, 4.69) is 31.2 Å². The van der Waals surface area contributed by atoms with E-state index in [1.54, 1.807) is 6.92 Å². The summed E-state index contributed by atoms with van der Waals surface area (Å²) in [4.78, 5) is 22.5. The van der Waals surface area contributed by atoms with Gasteiger partial charge in [-0.25, -0.2) is 0 Å². The van der Waals surface area contributed by atoms with Gasteiger partial charge in [0.1, 0.15) is 0 Å². The van der Waals surface area contributed by atoms with Crippen molar-refractivity contribution in [2.75, 3.05) is 26.4 Å². The molecule has 6 nitrogen and oxygen atoms in total. The number of ether oxygens (including phenoxy) is 2. The SMILES string of the molecule is CCOC(=O)CCC(=O)OCCCCc1ccc(C)cc1.OCCO. The highest BCUT2D eigenvalue weighted by Gasteiger charge is 2.08. The number of hydrogen-bond acceptors (Lipinski definition) is 6. The Kier molecular flexibility index (Phi) is 14.4. The quantitative estimate of drug-likeness (QED) is 0.494. The second-order valence-electron chi connectivity index (χ2n) is 5.42. The molecule has 0 unspecified atom stereocenters. The first-order chi connectivity index (χ1) is 12.0. The van der Waals surface area contributed by atoms with Crippen molar-refractivity contribution < 1.29 is 29.3 Å². The van der Waals surface area contributed by atoms with E-state index < -0.39 is 0 Å². The fraction of sp³-hybridized carbons (Fsp3) is 0.579. The van der Waals surface area contributed by atoms with Crippen LogP contribution in [0.25, 0.3) is 0 Å². The minimum atomic E-state index is -0.353. The topological polar surface area (TPSA) is 93.1 Å². The molecule has 2 N–H and O–H groups in total. The maximum atomic E-state index is 11.4. The highest BCUT2D eigenvalue weighted by atomic mass is 16.5. The molecule has 0 radical (unpaired) electrons. The van der Waals surface area contributed by atoms with E-state index in [-0.39, 0.29) is 38.0 Å². The molecule has 0 bridgehead atoms. The van der Waals surface area contributed by atoms with Gasteiger partial charge in [-0.15, -0.1) is 0 Å². The van der Waals surface area contributed by atoms with Gasteiger partial charge in [0, 0.05) is 0 Å². The smallest absolute Gasteiger partial charge is 0.306 e. The van der Waals surface area contributed by atoms with Gasteiger partial charge in [0.05, 0.1) is 39.3 Å². The highest BCUT2D eigenvalue weighted by molar-refractivity contribution is 5.77. The Bertz CT molecular complexity index is 467. The standard InChI is InChI=1S/C17H24O4.C2H6O2/c1-3-20-16(18)11-12-17(19)21-13-5-4-6-15-9-7-14(2)8-10-15;3-1-2-4/h7-10H,3-6,11-13H2,1-2H3;3-4H,1-2H2. The fourth-order valence-corrected chi connectivity index (χ4v) is 1.88. The van der Waals surface area contributed by atoms with Crippen LogP contribution in [0.3, 0.4) is 0 Å². The number of aliphatic hydroxyl groups excluding tert-OH is 2. The Morgan fingerprint density at radius 3 is 2.00 bits per heavy atom. The summed E-state index contributed by atoms with van der Waals surface area (Å²) in [7, 11) is 0. The van der Waals surface area contributed by atoms with E-state index in [1.807, 2.05) is 0 Å². The second kappa shape index (κ2) is 15.6. The van der Waals surface area contributed by atoms with E-state index in [4.69, 9.17) is 19.7 Å². The predicted molar refractivity (Wildman–Crippen MR) is 95.1 cm³/mol. The van der Waals surface area contributed by atoms with Crippen LogP contribution in [0.2, 0.25) is 0 Å². The molecule has 6 heteroatoms. The fourth-order valence-electron chi connectivity index (χ4n) is 1.88. The third-order valence-corrected chi connectivity index (χ3v) is 3.18. The average molecular weight is 354 g/mol. The monoisotopic (exact) mass is 354 g/mol. The highest BCUT2D eigenvalue weighted by Crippen LogP contribution is 2.07. The summed E-state index contributed by atoms with van der Waals surface area (Å²) in [6.07, 6.45) is 2.99. The molecule has 0 heterocycles. The molecule has 1 rings (SSSR count). The van der Waals surface area contributed by atoms with Gasteiger partial charge in [0.2, 0.25) is 0 Å². The zero-order valence-corrected chi connectivity index (χ0v) is 15.2. The molecule has 0 atom stereocenters. The average Bonchev–Trinajstić information content (AvgIpc) is 2.61. The van der Waals surface area contributed by atoms with Crippen LogP contribution >= 0.6 is 0 Å². The van der Waals surface area contributed by atoms with Gasteiger partial charge in [-0.05, 0) is 38.7 Å². The van der Waals surface area contributed by atoms with Crippen LogP contribution in [0.15, 0.2) is 24.3 Å². The van der Waals surface area contributed by atoms with Gasteiger partial charge < -0.3 is 19.7 Å². The zero-order valence-electron chi connectivity index (χ0n) is 15.2. The number of rotatable bonds is 10. The molecule has 1 aromatic rings. The van der Waals surface area contributed by atoms with Crippen LogP contribution in [-0.2, 0) is 25.5 Å².